The number of aliphatic carboxylic acids is 1. The first kappa shape index (κ1) is 17.6. The Morgan fingerprint density at radius 1 is 1.52 bits per heavy atom. The number of aryl methyl sites for hydroxylation is 1. The van der Waals surface area contributed by atoms with Crippen LogP contribution < -0.4 is 4.74 Å². The molecule has 6 nitrogen and oxygen atoms in total. The van der Waals surface area contributed by atoms with Gasteiger partial charge in [0.2, 0.25) is 0 Å². The Hall–Kier alpha value is -1.80. The fourth-order valence-electron chi connectivity index (χ4n) is 1.84. The molecule has 23 heavy (non-hydrogen) atoms. The number of thioether (sulfide) groups is 1. The summed E-state index contributed by atoms with van der Waals surface area (Å²) in [4.78, 5) is 10.7. The number of allylic oxidation sites excluding steroid dienone is 1. The lowest BCUT2D eigenvalue weighted by molar-refractivity contribution is -0.133. The molecule has 122 valence electrons. The average Bonchev–Trinajstić information content (AvgIpc) is 2.87. The molecule has 1 heterocycles. The van der Waals surface area contributed by atoms with Crippen LogP contribution in [0.3, 0.4) is 0 Å². The van der Waals surface area contributed by atoms with Crippen LogP contribution in [0.4, 0.5) is 0 Å². The van der Waals surface area contributed by atoms with Crippen LogP contribution >= 0.6 is 27.7 Å². The van der Waals surface area contributed by atoms with E-state index in [-0.39, 0.29) is 12.4 Å². The molecule has 0 unspecified atom stereocenters. The van der Waals surface area contributed by atoms with Crippen molar-refractivity contribution in [2.24, 2.45) is 0 Å². The minimum Gasteiger partial charge on any atom is -0.484 e. The van der Waals surface area contributed by atoms with Crippen molar-refractivity contribution in [3.8, 4) is 5.75 Å². The number of halogens is 1. The van der Waals surface area contributed by atoms with Gasteiger partial charge in [-0.25, -0.2) is 0 Å². The van der Waals surface area contributed by atoms with Crippen molar-refractivity contribution in [3.05, 3.63) is 46.7 Å². The van der Waals surface area contributed by atoms with Crippen LogP contribution in [0.1, 0.15) is 11.4 Å². The molecule has 1 aromatic heterocycles. The molecule has 2 aromatic rings. The lowest BCUT2D eigenvalue weighted by atomic mass is 10.2. The van der Waals surface area contributed by atoms with Crippen LogP contribution in [0, 0.1) is 6.92 Å². The van der Waals surface area contributed by atoms with Crippen LogP contribution in [0.2, 0.25) is 0 Å². The van der Waals surface area contributed by atoms with Crippen LogP contribution in [-0.2, 0) is 17.9 Å². The maximum absolute atomic E-state index is 10.7. The lowest BCUT2D eigenvalue weighted by Crippen LogP contribution is -2.08. The van der Waals surface area contributed by atoms with Gasteiger partial charge in [-0.1, -0.05) is 23.9 Å². The van der Waals surface area contributed by atoms with Gasteiger partial charge in [-0.15, -0.1) is 16.8 Å². The maximum atomic E-state index is 10.7. The predicted octanol–water partition coefficient (Wildman–Crippen LogP) is 3.29. The van der Waals surface area contributed by atoms with Crippen LogP contribution in [0.5, 0.6) is 5.75 Å². The number of aromatic nitrogens is 3. The number of carbonyl (C=O) groups is 1. The first-order valence-corrected chi connectivity index (χ1v) is 8.55. The molecule has 0 saturated heterocycles. The molecule has 0 bridgehead atoms. The molecular formula is C15H16BrN3O3S. The molecule has 8 heteroatoms. The van der Waals surface area contributed by atoms with Crippen LogP contribution in [-0.4, -0.2) is 31.6 Å². The van der Waals surface area contributed by atoms with Gasteiger partial charge in [0, 0.05) is 6.54 Å². The highest BCUT2D eigenvalue weighted by Crippen LogP contribution is 2.26. The first-order chi connectivity index (χ1) is 11.0. The molecule has 0 fully saturated rings. The maximum Gasteiger partial charge on any atom is 0.313 e. The molecule has 1 N–H and O–H groups in total. The summed E-state index contributed by atoms with van der Waals surface area (Å²) in [6.07, 6.45) is 1.71. The zero-order chi connectivity index (χ0) is 16.8. The molecule has 2 rings (SSSR count). The predicted molar refractivity (Wildman–Crippen MR) is 91.8 cm³/mol. The second kappa shape index (κ2) is 8.16. The van der Waals surface area contributed by atoms with Crippen molar-refractivity contribution in [3.63, 3.8) is 0 Å². The molecule has 0 atom stereocenters. The molecule has 0 aliphatic heterocycles. The Kier molecular flexibility index (Phi) is 6.23. The summed E-state index contributed by atoms with van der Waals surface area (Å²) in [5, 5.41) is 17.4. The van der Waals surface area contributed by atoms with Gasteiger partial charge in [0.25, 0.3) is 0 Å². The van der Waals surface area contributed by atoms with Gasteiger partial charge < -0.3 is 9.84 Å². The van der Waals surface area contributed by atoms with Gasteiger partial charge in [-0.2, -0.15) is 0 Å². The molecule has 0 aliphatic carbocycles. The second-order valence-electron chi connectivity index (χ2n) is 4.70. The van der Waals surface area contributed by atoms with Crippen molar-refractivity contribution >= 4 is 33.7 Å². The first-order valence-electron chi connectivity index (χ1n) is 6.77. The summed E-state index contributed by atoms with van der Waals surface area (Å²) in [5.74, 6) is 0.359. The Bertz CT molecular complexity index is 718. The molecule has 0 aliphatic rings. The normalized spacial score (nSPS) is 10.5. The summed E-state index contributed by atoms with van der Waals surface area (Å²) in [6, 6.07) is 5.81. The van der Waals surface area contributed by atoms with E-state index in [1.54, 1.807) is 10.6 Å². The van der Waals surface area contributed by atoms with E-state index >= 15 is 0 Å². The van der Waals surface area contributed by atoms with E-state index in [1.165, 1.54) is 0 Å². The van der Waals surface area contributed by atoms with E-state index in [0.29, 0.717) is 23.3 Å². The van der Waals surface area contributed by atoms with E-state index in [1.807, 2.05) is 25.1 Å². The van der Waals surface area contributed by atoms with Crippen molar-refractivity contribution in [1.29, 1.82) is 0 Å². The fourth-order valence-corrected chi connectivity index (χ4v) is 3.13. The molecule has 0 spiro atoms. The summed E-state index contributed by atoms with van der Waals surface area (Å²) in [7, 11) is 0. The highest BCUT2D eigenvalue weighted by molar-refractivity contribution is 9.10. The molecule has 0 amide bonds. The number of nitrogens with zero attached hydrogens (tertiary/aromatic N) is 3. The SMILES string of the molecule is C=CCn1c(COc2ccc(C)cc2Br)nnc1SCC(=O)O. The third kappa shape index (κ3) is 4.84. The minimum absolute atomic E-state index is 0.0698. The number of hydrogen-bond donors (Lipinski definition) is 1. The van der Waals surface area contributed by atoms with Gasteiger partial charge in [-0.3, -0.25) is 9.36 Å². The fraction of sp³-hybridized carbons (Fsp3) is 0.267. The van der Waals surface area contributed by atoms with Gasteiger partial charge >= 0.3 is 5.97 Å². The summed E-state index contributed by atoms with van der Waals surface area (Å²) in [6.45, 7) is 6.43. The van der Waals surface area contributed by atoms with Crippen molar-refractivity contribution in [2.75, 3.05) is 5.75 Å². The Balaban J connectivity index is 2.12. The van der Waals surface area contributed by atoms with E-state index in [4.69, 9.17) is 9.84 Å². The highest BCUT2D eigenvalue weighted by atomic mass is 79.9. The van der Waals surface area contributed by atoms with Gasteiger partial charge in [0.05, 0.1) is 10.2 Å². The van der Waals surface area contributed by atoms with Crippen molar-refractivity contribution in [2.45, 2.75) is 25.2 Å². The summed E-state index contributed by atoms with van der Waals surface area (Å²) in [5.41, 5.74) is 1.13. The van der Waals surface area contributed by atoms with E-state index < -0.39 is 5.97 Å². The lowest BCUT2D eigenvalue weighted by Gasteiger charge is -2.10. The Morgan fingerprint density at radius 3 is 2.96 bits per heavy atom. The molecular weight excluding hydrogens is 382 g/mol. The van der Waals surface area contributed by atoms with Gasteiger partial charge in [0.15, 0.2) is 11.0 Å². The van der Waals surface area contributed by atoms with Crippen molar-refractivity contribution < 1.29 is 14.6 Å². The highest BCUT2D eigenvalue weighted by Gasteiger charge is 2.14. The zero-order valence-electron chi connectivity index (χ0n) is 12.5. The third-order valence-corrected chi connectivity index (χ3v) is 4.45. The van der Waals surface area contributed by atoms with Gasteiger partial charge in [0.1, 0.15) is 12.4 Å². The van der Waals surface area contributed by atoms with E-state index in [2.05, 4.69) is 32.7 Å². The van der Waals surface area contributed by atoms with Crippen LogP contribution in [0.25, 0.3) is 0 Å². The second-order valence-corrected chi connectivity index (χ2v) is 6.50. The third-order valence-electron chi connectivity index (χ3n) is 2.87. The monoisotopic (exact) mass is 397 g/mol. The number of benzene rings is 1. The van der Waals surface area contributed by atoms with E-state index in [0.717, 1.165) is 21.8 Å². The molecule has 1 aromatic carbocycles. The topological polar surface area (TPSA) is 77.2 Å². The number of rotatable bonds is 8. The number of carboxylic acid groups (broad SMARTS) is 1. The summed E-state index contributed by atoms with van der Waals surface area (Å²) < 4.78 is 8.44. The van der Waals surface area contributed by atoms with Crippen LogP contribution in [0.15, 0.2) is 40.5 Å². The quantitative estimate of drug-likeness (QED) is 0.543. The smallest absolute Gasteiger partial charge is 0.313 e. The van der Waals surface area contributed by atoms with E-state index in [9.17, 15) is 4.79 Å². The zero-order valence-corrected chi connectivity index (χ0v) is 14.9. The number of ether oxygens (including phenoxy) is 1. The Labute approximate surface area is 146 Å². The number of hydrogen-bond acceptors (Lipinski definition) is 5. The number of carboxylic acids is 1. The average molecular weight is 398 g/mol. The minimum atomic E-state index is -0.899. The summed E-state index contributed by atoms with van der Waals surface area (Å²) >= 11 is 4.58. The standard InChI is InChI=1S/C15H16BrN3O3S/c1-3-6-19-13(17-18-15(19)23-9-14(20)21)8-22-12-5-4-10(2)7-11(12)16/h3-5,7H,1,6,8-9H2,2H3,(H,20,21). The van der Waals surface area contributed by atoms with Crippen molar-refractivity contribution in [1.82, 2.24) is 14.8 Å². The Morgan fingerprint density at radius 2 is 2.30 bits per heavy atom. The molecule has 0 radical (unpaired) electrons. The molecule has 0 saturated carbocycles. The van der Waals surface area contributed by atoms with Gasteiger partial charge in [-0.05, 0) is 40.5 Å². The largest absolute Gasteiger partial charge is 0.484 e.